The third kappa shape index (κ3) is 1.77. The maximum atomic E-state index is 3.49. The standard InChI is InChI=1S/C17H23N/c1-12-7-6-8-13-14(11-18-16(12)13)15-9-4-5-10-17(15,2)3/h6-8,11,15,18H,4-5,9-10H2,1-3H3. The molecule has 1 nitrogen and oxygen atoms in total. The molecular formula is C17H23N. The molecule has 0 bridgehead atoms. The van der Waals surface area contributed by atoms with Crippen molar-refractivity contribution in [1.82, 2.24) is 4.98 Å². The van der Waals surface area contributed by atoms with E-state index in [0.29, 0.717) is 11.3 Å². The summed E-state index contributed by atoms with van der Waals surface area (Å²) in [5.41, 5.74) is 4.66. The quantitative estimate of drug-likeness (QED) is 0.709. The normalized spacial score (nSPS) is 23.4. The lowest BCUT2D eigenvalue weighted by atomic mass is 9.66. The molecule has 0 spiro atoms. The van der Waals surface area contributed by atoms with Crippen molar-refractivity contribution >= 4 is 10.9 Å². The van der Waals surface area contributed by atoms with E-state index in [2.05, 4.69) is 50.2 Å². The Morgan fingerprint density at radius 3 is 2.83 bits per heavy atom. The SMILES string of the molecule is Cc1cccc2c(C3CCCCC3(C)C)c[nH]c12. The number of aromatic amines is 1. The van der Waals surface area contributed by atoms with Gasteiger partial charge in [0.25, 0.3) is 0 Å². The highest BCUT2D eigenvalue weighted by Crippen LogP contribution is 2.48. The van der Waals surface area contributed by atoms with Gasteiger partial charge in [-0.3, -0.25) is 0 Å². The highest BCUT2D eigenvalue weighted by molar-refractivity contribution is 5.86. The van der Waals surface area contributed by atoms with E-state index in [0.717, 1.165) is 0 Å². The third-order valence-electron chi connectivity index (χ3n) is 4.84. The number of benzene rings is 1. The van der Waals surface area contributed by atoms with Crippen LogP contribution in [-0.4, -0.2) is 4.98 Å². The predicted octanol–water partition coefficient (Wildman–Crippen LogP) is 5.16. The van der Waals surface area contributed by atoms with Crippen LogP contribution in [-0.2, 0) is 0 Å². The van der Waals surface area contributed by atoms with Gasteiger partial charge in [0.05, 0.1) is 0 Å². The van der Waals surface area contributed by atoms with Crippen LogP contribution in [0.4, 0.5) is 0 Å². The smallest absolute Gasteiger partial charge is 0.0486 e. The lowest BCUT2D eigenvalue weighted by Crippen LogP contribution is -2.25. The van der Waals surface area contributed by atoms with Gasteiger partial charge < -0.3 is 4.98 Å². The summed E-state index contributed by atoms with van der Waals surface area (Å²) in [6, 6.07) is 6.65. The van der Waals surface area contributed by atoms with Crippen molar-refractivity contribution in [3.63, 3.8) is 0 Å². The highest BCUT2D eigenvalue weighted by atomic mass is 14.7. The first-order valence-electron chi connectivity index (χ1n) is 7.16. The largest absolute Gasteiger partial charge is 0.361 e. The zero-order valence-electron chi connectivity index (χ0n) is 11.7. The van der Waals surface area contributed by atoms with Crippen LogP contribution in [0.1, 0.15) is 56.6 Å². The number of hydrogen-bond donors (Lipinski definition) is 1. The Hall–Kier alpha value is -1.24. The molecule has 1 fully saturated rings. The lowest BCUT2D eigenvalue weighted by molar-refractivity contribution is 0.201. The van der Waals surface area contributed by atoms with Gasteiger partial charge in [0.2, 0.25) is 0 Å². The van der Waals surface area contributed by atoms with Crippen molar-refractivity contribution in [2.45, 2.75) is 52.4 Å². The fourth-order valence-corrected chi connectivity index (χ4v) is 3.69. The summed E-state index contributed by atoms with van der Waals surface area (Å²) < 4.78 is 0. The first-order chi connectivity index (χ1) is 8.59. The monoisotopic (exact) mass is 241 g/mol. The molecule has 1 heteroatoms. The second kappa shape index (κ2) is 4.15. The molecule has 18 heavy (non-hydrogen) atoms. The molecule has 0 aliphatic heterocycles. The van der Waals surface area contributed by atoms with Gasteiger partial charge in [0, 0.05) is 17.1 Å². The van der Waals surface area contributed by atoms with Crippen molar-refractivity contribution in [2.24, 2.45) is 5.41 Å². The van der Waals surface area contributed by atoms with Crippen LogP contribution in [0.5, 0.6) is 0 Å². The zero-order valence-corrected chi connectivity index (χ0v) is 11.7. The van der Waals surface area contributed by atoms with Gasteiger partial charge in [-0.05, 0) is 42.2 Å². The zero-order chi connectivity index (χ0) is 12.8. The summed E-state index contributed by atoms with van der Waals surface area (Å²) in [6.45, 7) is 7.06. The molecule has 1 aromatic heterocycles. The molecule has 3 rings (SSSR count). The molecule has 1 aliphatic carbocycles. The molecule has 1 aliphatic rings. The Labute approximate surface area is 110 Å². The Bertz CT molecular complexity index is 562. The van der Waals surface area contributed by atoms with Crippen LogP contribution in [0.3, 0.4) is 0 Å². The molecule has 0 amide bonds. The molecule has 1 atom stereocenters. The molecule has 2 aromatic rings. The fraction of sp³-hybridized carbons (Fsp3) is 0.529. The molecule has 1 aromatic carbocycles. The average molecular weight is 241 g/mol. The number of fused-ring (bicyclic) bond motifs is 1. The van der Waals surface area contributed by atoms with Gasteiger partial charge in [0.15, 0.2) is 0 Å². The summed E-state index contributed by atoms with van der Waals surface area (Å²) >= 11 is 0. The second-order valence-corrected chi connectivity index (χ2v) is 6.53. The van der Waals surface area contributed by atoms with Crippen LogP contribution in [0.25, 0.3) is 10.9 Å². The third-order valence-corrected chi connectivity index (χ3v) is 4.84. The molecule has 96 valence electrons. The van der Waals surface area contributed by atoms with Crippen molar-refractivity contribution in [1.29, 1.82) is 0 Å². The Kier molecular flexibility index (Phi) is 2.73. The van der Waals surface area contributed by atoms with Gasteiger partial charge in [0.1, 0.15) is 0 Å². The van der Waals surface area contributed by atoms with E-state index in [4.69, 9.17) is 0 Å². The van der Waals surface area contributed by atoms with Gasteiger partial charge >= 0.3 is 0 Å². The van der Waals surface area contributed by atoms with Crippen molar-refractivity contribution in [3.8, 4) is 0 Å². The van der Waals surface area contributed by atoms with Crippen LogP contribution < -0.4 is 0 Å². The molecule has 1 heterocycles. The molecule has 0 radical (unpaired) electrons. The molecule has 1 saturated carbocycles. The first-order valence-corrected chi connectivity index (χ1v) is 7.16. The minimum absolute atomic E-state index is 0.442. The first kappa shape index (κ1) is 11.8. The van der Waals surface area contributed by atoms with Gasteiger partial charge in [-0.25, -0.2) is 0 Å². The Balaban J connectivity index is 2.11. The molecule has 0 saturated heterocycles. The van der Waals surface area contributed by atoms with Gasteiger partial charge in [-0.1, -0.05) is 44.9 Å². The maximum absolute atomic E-state index is 3.49. The highest BCUT2D eigenvalue weighted by Gasteiger charge is 2.34. The lowest BCUT2D eigenvalue weighted by Gasteiger charge is -2.38. The van der Waals surface area contributed by atoms with E-state index in [9.17, 15) is 0 Å². The average Bonchev–Trinajstić information content (AvgIpc) is 2.74. The van der Waals surface area contributed by atoms with Crippen molar-refractivity contribution < 1.29 is 0 Å². The topological polar surface area (TPSA) is 15.8 Å². The fourth-order valence-electron chi connectivity index (χ4n) is 3.69. The number of aromatic nitrogens is 1. The van der Waals surface area contributed by atoms with E-state index < -0.39 is 0 Å². The van der Waals surface area contributed by atoms with E-state index in [1.165, 1.54) is 42.1 Å². The van der Waals surface area contributed by atoms with Crippen LogP contribution >= 0.6 is 0 Å². The number of hydrogen-bond acceptors (Lipinski definition) is 0. The summed E-state index contributed by atoms with van der Waals surface area (Å²) in [4.78, 5) is 3.49. The minimum atomic E-state index is 0.442. The minimum Gasteiger partial charge on any atom is -0.361 e. The summed E-state index contributed by atoms with van der Waals surface area (Å²) in [5, 5.41) is 1.44. The summed E-state index contributed by atoms with van der Waals surface area (Å²) in [5.74, 6) is 0.710. The van der Waals surface area contributed by atoms with Gasteiger partial charge in [-0.2, -0.15) is 0 Å². The molecule has 1 unspecified atom stereocenters. The van der Waals surface area contributed by atoms with E-state index in [1.54, 1.807) is 5.56 Å². The number of para-hydroxylation sites is 1. The van der Waals surface area contributed by atoms with Crippen molar-refractivity contribution in [2.75, 3.05) is 0 Å². The number of rotatable bonds is 1. The number of nitrogens with one attached hydrogen (secondary N) is 1. The summed E-state index contributed by atoms with van der Waals surface area (Å²) in [6.07, 6.45) is 7.73. The number of H-pyrrole nitrogens is 1. The van der Waals surface area contributed by atoms with Crippen LogP contribution in [0.15, 0.2) is 24.4 Å². The Morgan fingerprint density at radius 1 is 1.22 bits per heavy atom. The van der Waals surface area contributed by atoms with E-state index >= 15 is 0 Å². The van der Waals surface area contributed by atoms with Gasteiger partial charge in [-0.15, -0.1) is 0 Å². The second-order valence-electron chi connectivity index (χ2n) is 6.53. The Morgan fingerprint density at radius 2 is 2.06 bits per heavy atom. The summed E-state index contributed by atoms with van der Waals surface area (Å²) in [7, 11) is 0. The maximum Gasteiger partial charge on any atom is 0.0486 e. The van der Waals surface area contributed by atoms with Crippen LogP contribution in [0, 0.1) is 12.3 Å². The number of aryl methyl sites for hydroxylation is 1. The molecular weight excluding hydrogens is 218 g/mol. The predicted molar refractivity (Wildman–Crippen MR) is 78.0 cm³/mol. The van der Waals surface area contributed by atoms with E-state index in [1.807, 2.05) is 0 Å². The van der Waals surface area contributed by atoms with Crippen LogP contribution in [0.2, 0.25) is 0 Å². The molecule has 1 N–H and O–H groups in total. The van der Waals surface area contributed by atoms with E-state index in [-0.39, 0.29) is 0 Å². The van der Waals surface area contributed by atoms with Crippen molar-refractivity contribution in [3.05, 3.63) is 35.5 Å².